The van der Waals surface area contributed by atoms with Gasteiger partial charge < -0.3 is 10.6 Å². The third-order valence-corrected chi connectivity index (χ3v) is 3.45. The van der Waals surface area contributed by atoms with E-state index in [1.807, 2.05) is 26.1 Å². The normalized spacial score (nSPS) is 12.6. The highest BCUT2D eigenvalue weighted by Crippen LogP contribution is 2.18. The molecule has 0 aliphatic carbocycles. The molecule has 2 rings (SSSR count). The number of hydrogen-bond donors (Lipinski definition) is 2. The fourth-order valence-electron chi connectivity index (χ4n) is 1.45. The highest BCUT2D eigenvalue weighted by molar-refractivity contribution is 7.16. The summed E-state index contributed by atoms with van der Waals surface area (Å²) in [5.74, 6) is -0.0394. The van der Waals surface area contributed by atoms with E-state index in [0.29, 0.717) is 12.1 Å². The molecule has 1 atom stereocenters. The second kappa shape index (κ2) is 5.25. The summed E-state index contributed by atoms with van der Waals surface area (Å²) in [7, 11) is 1.88. The van der Waals surface area contributed by atoms with Gasteiger partial charge in [-0.15, -0.1) is 11.3 Å². The summed E-state index contributed by atoms with van der Waals surface area (Å²) in [4.78, 5) is 16.1. The lowest BCUT2D eigenvalue weighted by molar-refractivity contribution is 0.0950. The average Bonchev–Trinajstić information content (AvgIpc) is 2.82. The second-order valence-corrected chi connectivity index (χ2v) is 4.82. The maximum atomic E-state index is 11.9. The van der Waals surface area contributed by atoms with Crippen molar-refractivity contribution < 1.29 is 4.79 Å². The standard InChI is InChI=1S/C12H15N3OS/c1-8(13-2)6-14-12(16)9-3-4-10-11(5-9)17-7-15-10/h3-5,7-8,13H,6H2,1-2H3,(H,14,16). The lowest BCUT2D eigenvalue weighted by Gasteiger charge is -2.11. The molecule has 1 aromatic heterocycles. The molecular weight excluding hydrogens is 234 g/mol. The van der Waals surface area contributed by atoms with Gasteiger partial charge in [0.25, 0.3) is 5.91 Å². The number of likely N-dealkylation sites (N-methyl/N-ethyl adjacent to an activating group) is 1. The summed E-state index contributed by atoms with van der Waals surface area (Å²) in [6, 6.07) is 5.84. The molecular formula is C12H15N3OS. The molecule has 1 amide bonds. The number of amides is 1. The van der Waals surface area contributed by atoms with Gasteiger partial charge in [-0.25, -0.2) is 4.98 Å². The zero-order valence-corrected chi connectivity index (χ0v) is 10.7. The van der Waals surface area contributed by atoms with E-state index in [-0.39, 0.29) is 11.9 Å². The summed E-state index contributed by atoms with van der Waals surface area (Å²) < 4.78 is 1.04. The quantitative estimate of drug-likeness (QED) is 0.866. The van der Waals surface area contributed by atoms with Gasteiger partial charge in [0.15, 0.2) is 0 Å². The van der Waals surface area contributed by atoms with Crippen molar-refractivity contribution in [2.75, 3.05) is 13.6 Å². The summed E-state index contributed by atoms with van der Waals surface area (Å²) in [6.45, 7) is 2.64. The van der Waals surface area contributed by atoms with Crippen LogP contribution >= 0.6 is 11.3 Å². The lowest BCUT2D eigenvalue weighted by atomic mass is 10.2. The molecule has 2 N–H and O–H groups in total. The molecule has 90 valence electrons. The first-order valence-corrected chi connectivity index (χ1v) is 6.37. The van der Waals surface area contributed by atoms with Gasteiger partial charge in [0.05, 0.1) is 15.7 Å². The van der Waals surface area contributed by atoms with Crippen LogP contribution in [0.15, 0.2) is 23.7 Å². The topological polar surface area (TPSA) is 54.0 Å². The molecule has 4 nitrogen and oxygen atoms in total. The van der Waals surface area contributed by atoms with Crippen LogP contribution < -0.4 is 10.6 Å². The van der Waals surface area contributed by atoms with Crippen molar-refractivity contribution in [3.63, 3.8) is 0 Å². The molecule has 17 heavy (non-hydrogen) atoms. The van der Waals surface area contributed by atoms with Gasteiger partial charge in [0.2, 0.25) is 0 Å². The molecule has 5 heteroatoms. The Balaban J connectivity index is 2.08. The van der Waals surface area contributed by atoms with Crippen LogP contribution in [0.3, 0.4) is 0 Å². The van der Waals surface area contributed by atoms with Gasteiger partial charge in [-0.1, -0.05) is 0 Å². The van der Waals surface area contributed by atoms with Crippen molar-refractivity contribution in [2.24, 2.45) is 0 Å². The van der Waals surface area contributed by atoms with Gasteiger partial charge in [0, 0.05) is 18.2 Å². The number of aromatic nitrogens is 1. The number of nitrogens with zero attached hydrogens (tertiary/aromatic N) is 1. The maximum Gasteiger partial charge on any atom is 0.251 e. The number of fused-ring (bicyclic) bond motifs is 1. The van der Waals surface area contributed by atoms with Crippen LogP contribution in [0.25, 0.3) is 10.2 Å². The molecule has 2 aromatic rings. The highest BCUT2D eigenvalue weighted by Gasteiger charge is 2.08. The van der Waals surface area contributed by atoms with Crippen LogP contribution in [0.4, 0.5) is 0 Å². The van der Waals surface area contributed by atoms with Crippen LogP contribution in [0.2, 0.25) is 0 Å². The Morgan fingerprint density at radius 3 is 3.12 bits per heavy atom. The Bertz CT molecular complexity index is 523. The van der Waals surface area contributed by atoms with Gasteiger partial charge >= 0.3 is 0 Å². The second-order valence-electron chi connectivity index (χ2n) is 3.93. The number of nitrogens with one attached hydrogen (secondary N) is 2. The zero-order valence-electron chi connectivity index (χ0n) is 9.86. The first-order valence-electron chi connectivity index (χ1n) is 5.49. The number of thiazole rings is 1. The molecule has 0 saturated carbocycles. The van der Waals surface area contributed by atoms with Crippen LogP contribution in [-0.2, 0) is 0 Å². The number of carbonyl (C=O) groups excluding carboxylic acids is 1. The SMILES string of the molecule is CNC(C)CNC(=O)c1ccc2ncsc2c1. The van der Waals surface area contributed by atoms with Gasteiger partial charge in [-0.2, -0.15) is 0 Å². The lowest BCUT2D eigenvalue weighted by Crippen LogP contribution is -2.37. The summed E-state index contributed by atoms with van der Waals surface area (Å²) in [6.07, 6.45) is 0. The monoisotopic (exact) mass is 249 g/mol. The van der Waals surface area contributed by atoms with E-state index in [9.17, 15) is 4.79 Å². The number of benzene rings is 1. The van der Waals surface area contributed by atoms with E-state index in [1.165, 1.54) is 0 Å². The molecule has 0 aliphatic heterocycles. The van der Waals surface area contributed by atoms with E-state index >= 15 is 0 Å². The predicted octanol–water partition coefficient (Wildman–Crippen LogP) is 1.63. The van der Waals surface area contributed by atoms with E-state index in [1.54, 1.807) is 22.9 Å². The summed E-state index contributed by atoms with van der Waals surface area (Å²) in [5.41, 5.74) is 3.41. The van der Waals surface area contributed by atoms with Crippen LogP contribution in [0.1, 0.15) is 17.3 Å². The summed E-state index contributed by atoms with van der Waals surface area (Å²) >= 11 is 1.54. The largest absolute Gasteiger partial charge is 0.350 e. The van der Waals surface area contributed by atoms with Crippen LogP contribution in [0, 0.1) is 0 Å². The third-order valence-electron chi connectivity index (χ3n) is 2.66. The highest BCUT2D eigenvalue weighted by atomic mass is 32.1. The van der Waals surface area contributed by atoms with Gasteiger partial charge in [-0.05, 0) is 32.2 Å². The molecule has 0 aliphatic rings. The van der Waals surface area contributed by atoms with Crippen molar-refractivity contribution in [3.8, 4) is 0 Å². The molecule has 0 spiro atoms. The van der Waals surface area contributed by atoms with Crippen molar-refractivity contribution in [1.29, 1.82) is 0 Å². The fraction of sp³-hybridized carbons (Fsp3) is 0.333. The smallest absolute Gasteiger partial charge is 0.251 e. The first-order chi connectivity index (χ1) is 8.20. The Labute approximate surface area is 104 Å². The molecule has 0 bridgehead atoms. The zero-order chi connectivity index (χ0) is 12.3. The van der Waals surface area contributed by atoms with Gasteiger partial charge in [-0.3, -0.25) is 4.79 Å². The minimum atomic E-state index is -0.0394. The minimum absolute atomic E-state index is 0.0394. The fourth-order valence-corrected chi connectivity index (χ4v) is 2.16. The van der Waals surface area contributed by atoms with E-state index in [0.717, 1.165) is 10.2 Å². The Morgan fingerprint density at radius 1 is 1.53 bits per heavy atom. The Hall–Kier alpha value is -1.46. The van der Waals surface area contributed by atoms with Crippen LogP contribution in [0.5, 0.6) is 0 Å². The molecule has 1 heterocycles. The Kier molecular flexibility index (Phi) is 3.71. The Morgan fingerprint density at radius 2 is 2.35 bits per heavy atom. The summed E-state index contributed by atoms with van der Waals surface area (Å²) in [5, 5.41) is 5.96. The van der Waals surface area contributed by atoms with Gasteiger partial charge in [0.1, 0.15) is 0 Å². The van der Waals surface area contributed by atoms with Crippen LogP contribution in [-0.4, -0.2) is 30.5 Å². The average molecular weight is 249 g/mol. The van der Waals surface area contributed by atoms with Crippen molar-refractivity contribution >= 4 is 27.5 Å². The van der Waals surface area contributed by atoms with E-state index in [4.69, 9.17) is 0 Å². The van der Waals surface area contributed by atoms with E-state index in [2.05, 4.69) is 15.6 Å². The maximum absolute atomic E-state index is 11.9. The van der Waals surface area contributed by atoms with E-state index < -0.39 is 0 Å². The van der Waals surface area contributed by atoms with Crippen molar-refractivity contribution in [2.45, 2.75) is 13.0 Å². The molecule has 0 saturated heterocycles. The molecule has 1 aromatic carbocycles. The predicted molar refractivity (Wildman–Crippen MR) is 70.5 cm³/mol. The first kappa shape index (κ1) is 12.0. The molecule has 0 radical (unpaired) electrons. The molecule has 0 fully saturated rings. The number of hydrogen-bond acceptors (Lipinski definition) is 4. The van der Waals surface area contributed by atoms with Crippen molar-refractivity contribution in [1.82, 2.24) is 15.6 Å². The molecule has 1 unspecified atom stereocenters. The van der Waals surface area contributed by atoms with Crippen molar-refractivity contribution in [3.05, 3.63) is 29.3 Å². The minimum Gasteiger partial charge on any atom is -0.350 e. The number of carbonyl (C=O) groups is 1. The number of rotatable bonds is 4. The third kappa shape index (κ3) is 2.81.